The van der Waals surface area contributed by atoms with Gasteiger partial charge in [-0.2, -0.15) is 0 Å². The van der Waals surface area contributed by atoms with Crippen LogP contribution in [-0.2, 0) is 39.9 Å². The number of carbonyl (C=O) groups is 5. The van der Waals surface area contributed by atoms with E-state index in [9.17, 15) is 34.2 Å². The molecule has 3 amide bonds. The molecule has 3 rings (SSSR count). The van der Waals surface area contributed by atoms with Crippen molar-refractivity contribution < 1.29 is 57.9 Å². The zero-order chi connectivity index (χ0) is 36.2. The van der Waals surface area contributed by atoms with E-state index in [-0.39, 0.29) is 26.1 Å². The van der Waals surface area contributed by atoms with Crippen LogP contribution in [0.1, 0.15) is 72.8 Å². The first-order valence-electron chi connectivity index (χ1n) is 15.7. The lowest BCUT2D eigenvalue weighted by molar-refractivity contribution is -0.157. The molecular weight excluding hydrogens is 632 g/mol. The lowest BCUT2D eigenvalue weighted by Crippen LogP contribution is -2.67. The number of benzene rings is 1. The highest BCUT2D eigenvalue weighted by Gasteiger charge is 2.50. The van der Waals surface area contributed by atoms with Crippen molar-refractivity contribution in [2.75, 3.05) is 26.3 Å². The average molecular weight is 683 g/mol. The third-order valence-electron chi connectivity index (χ3n) is 7.19. The Labute approximate surface area is 280 Å². The van der Waals surface area contributed by atoms with Gasteiger partial charge in [-0.15, -0.1) is 0 Å². The van der Waals surface area contributed by atoms with Gasteiger partial charge in [-0.05, 0) is 72.8 Å². The van der Waals surface area contributed by atoms with Crippen molar-refractivity contribution in [3.63, 3.8) is 0 Å². The summed E-state index contributed by atoms with van der Waals surface area (Å²) in [6, 6.07) is 9.03. The van der Waals surface area contributed by atoms with Crippen molar-refractivity contribution >= 4 is 30.2 Å². The summed E-state index contributed by atoms with van der Waals surface area (Å²) in [4.78, 5) is 59.0. The van der Waals surface area contributed by atoms with Gasteiger partial charge in [0.1, 0.15) is 35.6 Å². The minimum absolute atomic E-state index is 0.00402. The highest BCUT2D eigenvalue weighted by Crippen LogP contribution is 2.27. The maximum Gasteiger partial charge on any atom is 0.408 e. The maximum atomic E-state index is 12.3. The number of carboxylic acids is 2. The van der Waals surface area contributed by atoms with Gasteiger partial charge < -0.3 is 55.6 Å². The van der Waals surface area contributed by atoms with Crippen LogP contribution in [0.15, 0.2) is 30.3 Å². The molecule has 0 aromatic heterocycles. The predicted molar refractivity (Wildman–Crippen MR) is 171 cm³/mol. The zero-order valence-electron chi connectivity index (χ0n) is 28.5. The standard InChI is InChI=1S/C20H28N2O7.C12H22N2O5/c1-19(2,3)29-17(25)21-12-15-20(16(23)24,10-7-11-27-15)22-18(26)28-13-14-8-5-4-6-9-14;1-11(2,3)19-10(17)14-7-8-12(13,9(15)16)5-4-6-18-8/h4-6,8-9,15H,7,10-13H2,1-3H3,(H,21,25)(H,22,26)(H,23,24);8H,4-7,13H2,1-3H3,(H,14,17)(H,15,16). The second kappa shape index (κ2) is 17.3. The number of nitrogens with one attached hydrogen (secondary N) is 3. The van der Waals surface area contributed by atoms with E-state index in [2.05, 4.69) is 16.0 Å². The van der Waals surface area contributed by atoms with Crippen LogP contribution in [0.4, 0.5) is 14.4 Å². The van der Waals surface area contributed by atoms with Gasteiger partial charge in [-0.3, -0.25) is 4.79 Å². The van der Waals surface area contributed by atoms with Crippen LogP contribution in [0.3, 0.4) is 0 Å². The van der Waals surface area contributed by atoms with Gasteiger partial charge in [0.15, 0.2) is 5.54 Å². The van der Waals surface area contributed by atoms with Crippen LogP contribution in [-0.4, -0.2) is 101 Å². The number of alkyl carbamates (subject to hydrolysis) is 3. The number of aliphatic carboxylic acids is 2. The van der Waals surface area contributed by atoms with Gasteiger partial charge >= 0.3 is 30.2 Å². The summed E-state index contributed by atoms with van der Waals surface area (Å²) in [5, 5.41) is 26.5. The highest BCUT2D eigenvalue weighted by atomic mass is 16.6. The zero-order valence-corrected chi connectivity index (χ0v) is 28.5. The highest BCUT2D eigenvalue weighted by molar-refractivity contribution is 5.85. The fourth-order valence-corrected chi connectivity index (χ4v) is 4.86. The van der Waals surface area contributed by atoms with Gasteiger partial charge in [-0.1, -0.05) is 30.3 Å². The molecule has 1 aromatic rings. The summed E-state index contributed by atoms with van der Waals surface area (Å²) in [5.74, 6) is -2.38. The van der Waals surface area contributed by atoms with E-state index >= 15 is 0 Å². The number of carbonyl (C=O) groups excluding carboxylic acids is 3. The first-order chi connectivity index (χ1) is 22.3. The van der Waals surface area contributed by atoms with Gasteiger partial charge in [0.25, 0.3) is 0 Å². The molecule has 16 nitrogen and oxygen atoms in total. The molecule has 2 aliphatic rings. The maximum absolute atomic E-state index is 12.3. The number of nitrogens with two attached hydrogens (primary N) is 1. The lowest BCUT2D eigenvalue weighted by Gasteiger charge is -2.40. The monoisotopic (exact) mass is 682 g/mol. The molecule has 7 N–H and O–H groups in total. The summed E-state index contributed by atoms with van der Waals surface area (Å²) in [6.45, 7) is 11.0. The van der Waals surface area contributed by atoms with Crippen LogP contribution in [0.5, 0.6) is 0 Å². The quantitative estimate of drug-likeness (QED) is 0.206. The summed E-state index contributed by atoms with van der Waals surface area (Å²) in [7, 11) is 0. The minimum Gasteiger partial charge on any atom is -0.480 e. The average Bonchev–Trinajstić information content (AvgIpc) is 2.98. The fourth-order valence-electron chi connectivity index (χ4n) is 4.86. The van der Waals surface area contributed by atoms with Gasteiger partial charge in [0.05, 0.1) is 6.54 Å². The van der Waals surface area contributed by atoms with E-state index in [4.69, 9.17) is 29.4 Å². The van der Waals surface area contributed by atoms with E-state index < -0.39 is 64.7 Å². The topological polar surface area (TPSA) is 234 Å². The Morgan fingerprint density at radius 3 is 1.79 bits per heavy atom. The summed E-state index contributed by atoms with van der Waals surface area (Å²) in [5.41, 5.74) is 2.13. The van der Waals surface area contributed by atoms with Crippen LogP contribution in [0.25, 0.3) is 0 Å². The van der Waals surface area contributed by atoms with Crippen LogP contribution >= 0.6 is 0 Å². The van der Waals surface area contributed by atoms with Crippen LogP contribution in [0, 0.1) is 0 Å². The number of carboxylic acid groups (broad SMARTS) is 2. The number of hydrogen-bond donors (Lipinski definition) is 6. The Hall–Kier alpha value is -4.15. The Kier molecular flexibility index (Phi) is 14.4. The molecule has 0 aliphatic carbocycles. The molecule has 0 bridgehead atoms. The molecule has 2 aliphatic heterocycles. The first-order valence-corrected chi connectivity index (χ1v) is 15.7. The lowest BCUT2D eigenvalue weighted by atomic mass is 9.85. The molecule has 1 aromatic carbocycles. The number of hydrogen-bond acceptors (Lipinski definition) is 11. The van der Waals surface area contributed by atoms with E-state index in [0.717, 1.165) is 5.56 Å². The van der Waals surface area contributed by atoms with Gasteiger partial charge in [-0.25, -0.2) is 19.2 Å². The third-order valence-corrected chi connectivity index (χ3v) is 7.19. The molecule has 16 heteroatoms. The molecule has 270 valence electrons. The first kappa shape index (κ1) is 40.0. The molecule has 0 saturated carbocycles. The Balaban J connectivity index is 0.000000365. The summed E-state index contributed by atoms with van der Waals surface area (Å²) < 4.78 is 26.3. The molecule has 48 heavy (non-hydrogen) atoms. The molecule has 2 heterocycles. The van der Waals surface area contributed by atoms with Crippen molar-refractivity contribution in [3.05, 3.63) is 35.9 Å². The second-order valence-electron chi connectivity index (χ2n) is 13.5. The number of amides is 3. The van der Waals surface area contributed by atoms with Crippen LogP contribution < -0.4 is 21.7 Å². The van der Waals surface area contributed by atoms with Crippen molar-refractivity contribution in [2.45, 2.75) is 108 Å². The minimum atomic E-state index is -1.72. The number of rotatable bonds is 9. The molecule has 0 radical (unpaired) electrons. The molecular formula is C32H50N4O12. The molecule has 2 fully saturated rings. The molecule has 4 atom stereocenters. The Morgan fingerprint density at radius 1 is 0.792 bits per heavy atom. The molecule has 4 unspecified atom stereocenters. The normalized spacial score (nSPS) is 24.1. The Morgan fingerprint density at radius 2 is 1.29 bits per heavy atom. The SMILES string of the molecule is CC(C)(C)OC(=O)NCC1OCCCC1(N)C(=O)O.CC(C)(C)OC(=O)NCC1OCCCC1(NC(=O)OCc1ccccc1)C(=O)O. The smallest absolute Gasteiger partial charge is 0.408 e. The Bertz CT molecular complexity index is 1250. The van der Waals surface area contributed by atoms with Gasteiger partial charge in [0, 0.05) is 19.8 Å². The predicted octanol–water partition coefficient (Wildman–Crippen LogP) is 2.91. The van der Waals surface area contributed by atoms with Crippen LogP contribution in [0.2, 0.25) is 0 Å². The van der Waals surface area contributed by atoms with Crippen molar-refractivity contribution in [1.29, 1.82) is 0 Å². The summed E-state index contributed by atoms with van der Waals surface area (Å²) >= 11 is 0. The number of ether oxygens (including phenoxy) is 5. The van der Waals surface area contributed by atoms with E-state index in [0.29, 0.717) is 32.5 Å². The fraction of sp³-hybridized carbons (Fsp3) is 0.656. The van der Waals surface area contributed by atoms with Gasteiger partial charge in [0.2, 0.25) is 0 Å². The molecule has 0 spiro atoms. The van der Waals surface area contributed by atoms with E-state index in [1.807, 2.05) is 18.2 Å². The molecule has 2 saturated heterocycles. The third kappa shape index (κ3) is 12.8. The summed E-state index contributed by atoms with van der Waals surface area (Å²) in [6.07, 6.45) is -2.43. The van der Waals surface area contributed by atoms with E-state index in [1.54, 1.807) is 53.7 Å². The van der Waals surface area contributed by atoms with Crippen molar-refractivity contribution in [1.82, 2.24) is 16.0 Å². The second-order valence-corrected chi connectivity index (χ2v) is 13.5. The van der Waals surface area contributed by atoms with Crippen molar-refractivity contribution in [2.24, 2.45) is 5.73 Å². The van der Waals surface area contributed by atoms with E-state index in [1.165, 1.54) is 0 Å². The largest absolute Gasteiger partial charge is 0.480 e. The van der Waals surface area contributed by atoms with Crippen molar-refractivity contribution in [3.8, 4) is 0 Å².